The lowest BCUT2D eigenvalue weighted by molar-refractivity contribution is 0.466. The number of hydrogen-bond donors (Lipinski definition) is 1. The van der Waals surface area contributed by atoms with Crippen molar-refractivity contribution in [2.75, 3.05) is 6.54 Å². The monoisotopic (exact) mass is 239 g/mol. The Balaban J connectivity index is 1.43. The van der Waals surface area contributed by atoms with Gasteiger partial charge < -0.3 is 5.32 Å². The standard InChI is InChI=1S/C12H21N3S/c1-2-6-11(5-1)7-3-4-8-13-9-12-10-16-15-14-12/h10-11,13H,1-9H2. The average Bonchev–Trinajstić information content (AvgIpc) is 2.96. The van der Waals surface area contributed by atoms with Gasteiger partial charge in [0.25, 0.3) is 0 Å². The molecular formula is C12H21N3S. The Morgan fingerprint density at radius 2 is 2.19 bits per heavy atom. The van der Waals surface area contributed by atoms with Gasteiger partial charge in [-0.25, -0.2) is 0 Å². The molecule has 1 aromatic heterocycles. The quantitative estimate of drug-likeness (QED) is 0.743. The molecule has 1 saturated carbocycles. The van der Waals surface area contributed by atoms with Gasteiger partial charge in [0.1, 0.15) is 0 Å². The zero-order valence-electron chi connectivity index (χ0n) is 9.82. The van der Waals surface area contributed by atoms with Gasteiger partial charge in [0.05, 0.1) is 5.69 Å². The molecule has 16 heavy (non-hydrogen) atoms. The second-order valence-electron chi connectivity index (χ2n) is 4.72. The Hall–Kier alpha value is -0.480. The number of hydrogen-bond acceptors (Lipinski definition) is 4. The zero-order chi connectivity index (χ0) is 11.1. The maximum absolute atomic E-state index is 4.00. The van der Waals surface area contributed by atoms with E-state index in [-0.39, 0.29) is 0 Å². The van der Waals surface area contributed by atoms with Crippen LogP contribution in [0, 0.1) is 5.92 Å². The lowest BCUT2D eigenvalue weighted by Crippen LogP contribution is -2.15. The first-order valence-electron chi connectivity index (χ1n) is 6.42. The highest BCUT2D eigenvalue weighted by atomic mass is 32.1. The molecule has 1 fully saturated rings. The lowest BCUT2D eigenvalue weighted by atomic mass is 10.0. The van der Waals surface area contributed by atoms with Gasteiger partial charge in [0.2, 0.25) is 0 Å². The summed E-state index contributed by atoms with van der Waals surface area (Å²) in [6, 6.07) is 0. The molecule has 1 heterocycles. The van der Waals surface area contributed by atoms with Gasteiger partial charge in [-0.1, -0.05) is 43.0 Å². The normalized spacial score (nSPS) is 17.0. The SMILES string of the molecule is c1snnc1CNCCCCC1CCCC1. The molecule has 0 atom stereocenters. The van der Waals surface area contributed by atoms with E-state index < -0.39 is 0 Å². The molecule has 1 N–H and O–H groups in total. The maximum Gasteiger partial charge on any atom is 0.0893 e. The number of nitrogens with one attached hydrogen (secondary N) is 1. The second kappa shape index (κ2) is 6.97. The Kier molecular flexibility index (Phi) is 5.22. The van der Waals surface area contributed by atoms with Crippen LogP contribution in [0.2, 0.25) is 0 Å². The van der Waals surface area contributed by atoms with Gasteiger partial charge in [0, 0.05) is 11.9 Å². The molecule has 1 aliphatic carbocycles. The summed E-state index contributed by atoms with van der Waals surface area (Å²) in [5.41, 5.74) is 1.07. The van der Waals surface area contributed by atoms with E-state index in [2.05, 4.69) is 14.9 Å². The first-order valence-corrected chi connectivity index (χ1v) is 7.25. The Labute approximate surface area is 102 Å². The maximum atomic E-state index is 4.00. The fourth-order valence-corrected chi connectivity index (χ4v) is 2.91. The number of aromatic nitrogens is 2. The van der Waals surface area contributed by atoms with Crippen LogP contribution in [0.25, 0.3) is 0 Å². The molecule has 0 amide bonds. The topological polar surface area (TPSA) is 37.8 Å². The number of nitrogens with zero attached hydrogens (tertiary/aromatic N) is 2. The van der Waals surface area contributed by atoms with Crippen LogP contribution in [0.4, 0.5) is 0 Å². The highest BCUT2D eigenvalue weighted by Gasteiger charge is 2.13. The molecule has 90 valence electrons. The van der Waals surface area contributed by atoms with Crippen LogP contribution in [-0.4, -0.2) is 16.1 Å². The van der Waals surface area contributed by atoms with Crippen molar-refractivity contribution in [1.29, 1.82) is 0 Å². The molecule has 1 aromatic rings. The largest absolute Gasteiger partial charge is 0.311 e. The van der Waals surface area contributed by atoms with Crippen LogP contribution in [0.15, 0.2) is 5.38 Å². The smallest absolute Gasteiger partial charge is 0.0893 e. The first kappa shape index (κ1) is 12.0. The van der Waals surface area contributed by atoms with Crippen LogP contribution in [0.5, 0.6) is 0 Å². The van der Waals surface area contributed by atoms with E-state index in [1.54, 1.807) is 0 Å². The van der Waals surface area contributed by atoms with E-state index in [1.807, 2.05) is 5.38 Å². The van der Waals surface area contributed by atoms with Crippen molar-refractivity contribution < 1.29 is 0 Å². The van der Waals surface area contributed by atoms with Crippen LogP contribution in [-0.2, 0) is 6.54 Å². The Morgan fingerprint density at radius 3 is 2.94 bits per heavy atom. The van der Waals surface area contributed by atoms with Gasteiger partial charge in [-0.2, -0.15) is 0 Å². The summed E-state index contributed by atoms with van der Waals surface area (Å²) in [7, 11) is 0. The van der Waals surface area contributed by atoms with Crippen LogP contribution < -0.4 is 5.32 Å². The summed E-state index contributed by atoms with van der Waals surface area (Å²) in [5, 5.41) is 9.43. The third kappa shape index (κ3) is 4.18. The fraction of sp³-hybridized carbons (Fsp3) is 0.833. The summed E-state index contributed by atoms with van der Waals surface area (Å²) in [6.07, 6.45) is 10.0. The molecule has 0 bridgehead atoms. The van der Waals surface area contributed by atoms with Crippen molar-refractivity contribution in [1.82, 2.24) is 14.9 Å². The van der Waals surface area contributed by atoms with E-state index in [0.29, 0.717) is 0 Å². The van der Waals surface area contributed by atoms with Crippen molar-refractivity contribution in [2.45, 2.75) is 51.5 Å². The molecule has 0 spiro atoms. The summed E-state index contributed by atoms with van der Waals surface area (Å²) in [6.45, 7) is 1.99. The minimum absolute atomic E-state index is 0.875. The second-order valence-corrected chi connectivity index (χ2v) is 5.33. The molecule has 0 radical (unpaired) electrons. The molecule has 4 heteroatoms. The molecule has 1 aliphatic rings. The van der Waals surface area contributed by atoms with Gasteiger partial charge in [-0.05, 0) is 30.4 Å². The van der Waals surface area contributed by atoms with Crippen LogP contribution >= 0.6 is 11.5 Å². The predicted octanol–water partition coefficient (Wildman–Crippen LogP) is 2.99. The van der Waals surface area contributed by atoms with E-state index in [1.165, 1.54) is 56.5 Å². The zero-order valence-corrected chi connectivity index (χ0v) is 10.6. The highest BCUT2D eigenvalue weighted by Crippen LogP contribution is 2.28. The summed E-state index contributed by atoms with van der Waals surface area (Å²) >= 11 is 1.42. The van der Waals surface area contributed by atoms with E-state index in [9.17, 15) is 0 Å². The van der Waals surface area contributed by atoms with E-state index in [0.717, 1.165) is 24.7 Å². The predicted molar refractivity (Wildman–Crippen MR) is 67.4 cm³/mol. The summed E-state index contributed by atoms with van der Waals surface area (Å²) < 4.78 is 3.84. The van der Waals surface area contributed by atoms with Gasteiger partial charge in [-0.3, -0.25) is 0 Å². The van der Waals surface area contributed by atoms with Crippen LogP contribution in [0.3, 0.4) is 0 Å². The fourth-order valence-electron chi connectivity index (χ4n) is 2.46. The molecule has 0 aliphatic heterocycles. The van der Waals surface area contributed by atoms with E-state index >= 15 is 0 Å². The van der Waals surface area contributed by atoms with Gasteiger partial charge >= 0.3 is 0 Å². The molecule has 0 saturated heterocycles. The Bertz CT molecular complexity index is 268. The van der Waals surface area contributed by atoms with Crippen molar-refractivity contribution >= 4 is 11.5 Å². The number of rotatable bonds is 7. The molecule has 2 rings (SSSR count). The van der Waals surface area contributed by atoms with Gasteiger partial charge in [-0.15, -0.1) is 5.10 Å². The van der Waals surface area contributed by atoms with E-state index in [4.69, 9.17) is 0 Å². The lowest BCUT2D eigenvalue weighted by Gasteiger charge is -2.08. The minimum atomic E-state index is 0.875. The average molecular weight is 239 g/mol. The number of unbranched alkanes of at least 4 members (excludes halogenated alkanes) is 1. The summed E-state index contributed by atoms with van der Waals surface area (Å²) in [5.74, 6) is 1.04. The highest BCUT2D eigenvalue weighted by molar-refractivity contribution is 7.03. The minimum Gasteiger partial charge on any atom is -0.311 e. The first-order chi connectivity index (χ1) is 7.95. The molecule has 0 unspecified atom stereocenters. The summed E-state index contributed by atoms with van der Waals surface area (Å²) in [4.78, 5) is 0. The molecular weight excluding hydrogens is 218 g/mol. The van der Waals surface area contributed by atoms with Crippen molar-refractivity contribution in [2.24, 2.45) is 5.92 Å². The van der Waals surface area contributed by atoms with Crippen molar-refractivity contribution in [3.05, 3.63) is 11.1 Å². The van der Waals surface area contributed by atoms with Gasteiger partial charge in [0.15, 0.2) is 0 Å². The van der Waals surface area contributed by atoms with Crippen LogP contribution in [0.1, 0.15) is 50.6 Å². The van der Waals surface area contributed by atoms with Crippen molar-refractivity contribution in [3.8, 4) is 0 Å². The Morgan fingerprint density at radius 1 is 1.31 bits per heavy atom. The third-order valence-electron chi connectivity index (χ3n) is 3.40. The third-order valence-corrected chi connectivity index (χ3v) is 3.96. The molecule has 0 aromatic carbocycles. The van der Waals surface area contributed by atoms with Crippen molar-refractivity contribution in [3.63, 3.8) is 0 Å². The molecule has 3 nitrogen and oxygen atoms in total.